The van der Waals surface area contributed by atoms with E-state index in [1.165, 1.54) is 83.5 Å². The van der Waals surface area contributed by atoms with Gasteiger partial charge in [-0.25, -0.2) is 4.89 Å². The van der Waals surface area contributed by atoms with Gasteiger partial charge >= 0.3 is 5.97 Å². The molecular weight excluding hydrogens is 352 g/mol. The van der Waals surface area contributed by atoms with Gasteiger partial charge in [0.25, 0.3) is 0 Å². The Morgan fingerprint density at radius 2 is 1.21 bits per heavy atom. The Morgan fingerprint density at radius 3 is 1.71 bits per heavy atom. The highest BCUT2D eigenvalue weighted by molar-refractivity contribution is 5.66. The Hall–Kier alpha value is -0.870. The molecule has 166 valence electrons. The maximum absolute atomic E-state index is 10.5. The molecule has 0 fully saturated rings. The third-order valence-electron chi connectivity index (χ3n) is 5.35. The van der Waals surface area contributed by atoms with Gasteiger partial charge in [-0.2, -0.15) is 0 Å². The van der Waals surface area contributed by atoms with Crippen molar-refractivity contribution in [2.24, 2.45) is 0 Å². The van der Waals surface area contributed by atoms with Gasteiger partial charge in [0, 0.05) is 6.42 Å². The van der Waals surface area contributed by atoms with Crippen LogP contribution in [-0.2, 0) is 9.68 Å². The molecule has 0 aliphatic rings. The van der Waals surface area contributed by atoms with Crippen molar-refractivity contribution in [1.29, 1.82) is 0 Å². The summed E-state index contributed by atoms with van der Waals surface area (Å²) in [6.45, 7) is 2.26. The number of aliphatic carboxylic acids is 1. The second-order valence-electron chi connectivity index (χ2n) is 8.09. The topological polar surface area (TPSA) is 66.8 Å². The molecule has 2 N–H and O–H groups in total. The summed E-state index contributed by atoms with van der Waals surface area (Å²) in [5.74, 6) is -0.787. The van der Waals surface area contributed by atoms with E-state index in [1.807, 2.05) is 0 Å². The van der Waals surface area contributed by atoms with Crippen LogP contribution in [-0.4, -0.2) is 22.4 Å². The molecule has 0 aromatic carbocycles. The van der Waals surface area contributed by atoms with Crippen LogP contribution in [0.1, 0.15) is 129 Å². The highest BCUT2D eigenvalue weighted by Crippen LogP contribution is 2.15. The number of rotatable bonds is 22. The van der Waals surface area contributed by atoms with Crippen LogP contribution in [0.2, 0.25) is 0 Å². The van der Waals surface area contributed by atoms with Crippen LogP contribution in [0.15, 0.2) is 12.2 Å². The monoisotopic (exact) mass is 398 g/mol. The fourth-order valence-electron chi connectivity index (χ4n) is 3.53. The number of unbranched alkanes of at least 4 members (excludes halogenated alkanes) is 13. The number of hydrogen-bond donors (Lipinski definition) is 2. The Kier molecular flexibility index (Phi) is 21.7. The van der Waals surface area contributed by atoms with E-state index in [-0.39, 0.29) is 12.5 Å². The average molecular weight is 399 g/mol. The lowest BCUT2D eigenvalue weighted by Crippen LogP contribution is -2.11. The SMILES string of the molecule is CCCCCCCC/C=C\CCCCCCCCCC(CCCC(=O)O)OO. The summed E-state index contributed by atoms with van der Waals surface area (Å²) < 4.78 is 0. The smallest absolute Gasteiger partial charge is 0.303 e. The second kappa shape index (κ2) is 22.4. The third kappa shape index (κ3) is 21.4. The third-order valence-corrected chi connectivity index (χ3v) is 5.35. The van der Waals surface area contributed by atoms with Gasteiger partial charge in [-0.1, -0.05) is 89.7 Å². The predicted octanol–water partition coefficient (Wildman–Crippen LogP) is 7.92. The fourth-order valence-corrected chi connectivity index (χ4v) is 3.53. The maximum Gasteiger partial charge on any atom is 0.303 e. The van der Waals surface area contributed by atoms with Crippen LogP contribution in [0.4, 0.5) is 0 Å². The lowest BCUT2D eigenvalue weighted by molar-refractivity contribution is -0.281. The lowest BCUT2D eigenvalue weighted by Gasteiger charge is -2.12. The summed E-state index contributed by atoms with van der Waals surface area (Å²) in [7, 11) is 0. The normalized spacial score (nSPS) is 12.6. The van der Waals surface area contributed by atoms with E-state index in [2.05, 4.69) is 24.0 Å². The van der Waals surface area contributed by atoms with Crippen LogP contribution < -0.4 is 0 Å². The highest BCUT2D eigenvalue weighted by Gasteiger charge is 2.09. The zero-order chi connectivity index (χ0) is 20.7. The molecular formula is C24H46O4. The summed E-state index contributed by atoms with van der Waals surface area (Å²) in [5, 5.41) is 17.5. The molecule has 0 aliphatic carbocycles. The molecule has 1 unspecified atom stereocenters. The number of carboxylic acid groups (broad SMARTS) is 1. The largest absolute Gasteiger partial charge is 0.481 e. The van der Waals surface area contributed by atoms with E-state index >= 15 is 0 Å². The molecule has 4 nitrogen and oxygen atoms in total. The number of hydrogen-bond acceptors (Lipinski definition) is 3. The van der Waals surface area contributed by atoms with Crippen molar-refractivity contribution < 1.29 is 20.0 Å². The molecule has 0 bridgehead atoms. The minimum absolute atomic E-state index is 0.147. The Balaban J connectivity index is 3.28. The summed E-state index contributed by atoms with van der Waals surface area (Å²) in [4.78, 5) is 14.9. The first-order chi connectivity index (χ1) is 13.7. The van der Waals surface area contributed by atoms with Crippen molar-refractivity contribution in [2.45, 2.75) is 135 Å². The fraction of sp³-hybridized carbons (Fsp3) is 0.875. The van der Waals surface area contributed by atoms with E-state index in [9.17, 15) is 4.79 Å². The van der Waals surface area contributed by atoms with Crippen LogP contribution >= 0.6 is 0 Å². The number of carbonyl (C=O) groups is 1. The van der Waals surface area contributed by atoms with Crippen LogP contribution in [0.3, 0.4) is 0 Å². The standard InChI is InChI=1S/C24H46O4/c1-2-3-4-5-6-7-8-9-10-11-12-13-14-15-16-17-18-20-23(28-27)21-19-22-24(25)26/h9-10,23,27H,2-8,11-22H2,1H3,(H,25,26)/b10-9-. The van der Waals surface area contributed by atoms with Crippen molar-refractivity contribution in [2.75, 3.05) is 0 Å². The molecule has 4 heteroatoms. The number of carboxylic acids is 1. The van der Waals surface area contributed by atoms with E-state index in [1.54, 1.807) is 0 Å². The van der Waals surface area contributed by atoms with Gasteiger partial charge in [0.2, 0.25) is 0 Å². The average Bonchev–Trinajstić information content (AvgIpc) is 2.68. The Labute approximate surface area is 173 Å². The van der Waals surface area contributed by atoms with Gasteiger partial charge in [0.1, 0.15) is 0 Å². The molecule has 28 heavy (non-hydrogen) atoms. The van der Waals surface area contributed by atoms with E-state index in [4.69, 9.17) is 10.4 Å². The van der Waals surface area contributed by atoms with Crippen molar-refractivity contribution in [3.8, 4) is 0 Å². The summed E-state index contributed by atoms with van der Waals surface area (Å²) in [6, 6.07) is 0. The van der Waals surface area contributed by atoms with Crippen molar-refractivity contribution in [3.63, 3.8) is 0 Å². The molecule has 1 atom stereocenters. The minimum Gasteiger partial charge on any atom is -0.481 e. The molecule has 0 aromatic heterocycles. The van der Waals surface area contributed by atoms with E-state index in [0.717, 1.165) is 19.3 Å². The molecule has 0 aliphatic heterocycles. The zero-order valence-corrected chi connectivity index (χ0v) is 18.4. The van der Waals surface area contributed by atoms with E-state index < -0.39 is 5.97 Å². The van der Waals surface area contributed by atoms with Crippen LogP contribution in [0.5, 0.6) is 0 Å². The highest BCUT2D eigenvalue weighted by atomic mass is 17.1. The minimum atomic E-state index is -0.787. The van der Waals surface area contributed by atoms with Crippen LogP contribution in [0, 0.1) is 0 Å². The first kappa shape index (κ1) is 27.1. The second-order valence-corrected chi connectivity index (χ2v) is 8.09. The first-order valence-electron chi connectivity index (χ1n) is 11.9. The molecule has 0 heterocycles. The maximum atomic E-state index is 10.5. The molecule has 0 saturated heterocycles. The quantitative estimate of drug-likeness (QED) is 0.0841. The molecule has 0 aromatic rings. The molecule has 0 saturated carbocycles. The van der Waals surface area contributed by atoms with Gasteiger partial charge in [-0.05, 0) is 44.9 Å². The van der Waals surface area contributed by atoms with Gasteiger partial charge in [-0.3, -0.25) is 10.1 Å². The van der Waals surface area contributed by atoms with Crippen molar-refractivity contribution >= 4 is 5.97 Å². The summed E-state index contributed by atoms with van der Waals surface area (Å²) >= 11 is 0. The van der Waals surface area contributed by atoms with Gasteiger partial charge < -0.3 is 5.11 Å². The first-order valence-corrected chi connectivity index (χ1v) is 11.9. The molecule has 0 amide bonds. The van der Waals surface area contributed by atoms with E-state index in [0.29, 0.717) is 12.8 Å². The molecule has 0 rings (SSSR count). The molecule has 0 radical (unpaired) electrons. The summed E-state index contributed by atoms with van der Waals surface area (Å²) in [6.07, 6.45) is 26.1. The lowest BCUT2D eigenvalue weighted by atomic mass is 10.0. The van der Waals surface area contributed by atoms with Gasteiger partial charge in [-0.15, -0.1) is 0 Å². The molecule has 0 spiro atoms. The van der Waals surface area contributed by atoms with Gasteiger partial charge in [0.05, 0.1) is 6.10 Å². The van der Waals surface area contributed by atoms with Crippen LogP contribution in [0.25, 0.3) is 0 Å². The zero-order valence-electron chi connectivity index (χ0n) is 18.4. The van der Waals surface area contributed by atoms with Gasteiger partial charge in [0.15, 0.2) is 0 Å². The van der Waals surface area contributed by atoms with Crippen molar-refractivity contribution in [3.05, 3.63) is 12.2 Å². The van der Waals surface area contributed by atoms with Crippen molar-refractivity contribution in [1.82, 2.24) is 0 Å². The predicted molar refractivity (Wildman–Crippen MR) is 118 cm³/mol. The number of allylic oxidation sites excluding steroid dienone is 2. The Morgan fingerprint density at radius 1 is 0.750 bits per heavy atom. The summed E-state index contributed by atoms with van der Waals surface area (Å²) in [5.41, 5.74) is 0. The Bertz CT molecular complexity index is 355.